The fourth-order valence-electron chi connectivity index (χ4n) is 6.22. The predicted octanol–water partition coefficient (Wildman–Crippen LogP) is 4.88. The highest BCUT2D eigenvalue weighted by Gasteiger charge is 2.51. The number of aromatic amines is 1. The molecule has 4 fully saturated rings. The van der Waals surface area contributed by atoms with E-state index in [1.54, 1.807) is 0 Å². The molecule has 6 rings (SSSR count). The van der Waals surface area contributed by atoms with Gasteiger partial charge in [-0.25, -0.2) is 0 Å². The van der Waals surface area contributed by atoms with Gasteiger partial charge in [-0.2, -0.15) is 11.8 Å². The van der Waals surface area contributed by atoms with E-state index < -0.39 is 0 Å². The van der Waals surface area contributed by atoms with Crippen molar-refractivity contribution < 1.29 is 4.79 Å². The first-order valence-corrected chi connectivity index (χ1v) is 11.3. The third-order valence-electron chi connectivity index (χ3n) is 6.85. The number of rotatable bonds is 6. The van der Waals surface area contributed by atoms with Crippen LogP contribution in [0.4, 0.5) is 0 Å². The van der Waals surface area contributed by atoms with Crippen LogP contribution in [0, 0.1) is 17.8 Å². The molecule has 1 amide bonds. The van der Waals surface area contributed by atoms with Gasteiger partial charge in [0.15, 0.2) is 0 Å². The maximum absolute atomic E-state index is 12.6. The van der Waals surface area contributed by atoms with Crippen molar-refractivity contribution >= 4 is 28.6 Å². The van der Waals surface area contributed by atoms with E-state index >= 15 is 0 Å². The normalized spacial score (nSPS) is 32.2. The molecule has 2 N–H and O–H groups in total. The summed E-state index contributed by atoms with van der Waals surface area (Å²) in [6.07, 6.45) is 10.8. The van der Waals surface area contributed by atoms with Crippen LogP contribution in [0.25, 0.3) is 10.9 Å². The molecule has 3 nitrogen and oxygen atoms in total. The Hall–Kier alpha value is -1.42. The molecule has 0 unspecified atom stereocenters. The maximum Gasteiger partial charge on any atom is 0.221 e. The highest BCUT2D eigenvalue weighted by Crippen LogP contribution is 2.55. The monoisotopic (exact) mass is 368 g/mol. The Kier molecular flexibility index (Phi) is 4.27. The van der Waals surface area contributed by atoms with Crippen molar-refractivity contribution in [3.63, 3.8) is 0 Å². The van der Waals surface area contributed by atoms with Crippen molar-refractivity contribution in [2.75, 3.05) is 5.75 Å². The first-order valence-electron chi connectivity index (χ1n) is 10.1. The van der Waals surface area contributed by atoms with Crippen molar-refractivity contribution in [2.45, 2.75) is 56.2 Å². The van der Waals surface area contributed by atoms with Gasteiger partial charge in [0, 0.05) is 40.6 Å². The van der Waals surface area contributed by atoms with Crippen LogP contribution in [-0.4, -0.2) is 22.2 Å². The summed E-state index contributed by atoms with van der Waals surface area (Å²) >= 11 is 1.87. The van der Waals surface area contributed by atoms with E-state index in [0.717, 1.165) is 29.3 Å². The van der Waals surface area contributed by atoms with Crippen molar-refractivity contribution in [3.05, 3.63) is 36.0 Å². The molecule has 1 heterocycles. The number of para-hydroxylation sites is 1. The van der Waals surface area contributed by atoms with Gasteiger partial charge in [0.05, 0.1) is 0 Å². The zero-order valence-electron chi connectivity index (χ0n) is 15.3. The number of aromatic nitrogens is 1. The number of carbonyl (C=O) groups is 1. The molecular weight excluding hydrogens is 340 g/mol. The van der Waals surface area contributed by atoms with Crippen molar-refractivity contribution in [2.24, 2.45) is 17.8 Å². The number of amides is 1. The van der Waals surface area contributed by atoms with Gasteiger partial charge in [0.1, 0.15) is 0 Å². The summed E-state index contributed by atoms with van der Waals surface area (Å²) in [6, 6.07) is 8.43. The minimum absolute atomic E-state index is 0.160. The highest BCUT2D eigenvalue weighted by molar-refractivity contribution is 7.98. The summed E-state index contributed by atoms with van der Waals surface area (Å²) in [6.45, 7) is 0. The summed E-state index contributed by atoms with van der Waals surface area (Å²) in [4.78, 5) is 15.9. The second-order valence-corrected chi connectivity index (χ2v) is 10.0. The lowest BCUT2D eigenvalue weighted by atomic mass is 9.53. The molecule has 4 heteroatoms. The Morgan fingerprint density at radius 1 is 1.12 bits per heavy atom. The molecule has 0 aliphatic heterocycles. The molecule has 2 aromatic rings. The molecule has 0 atom stereocenters. The molecular formula is C22H28N2OS. The minimum atomic E-state index is 0.160. The van der Waals surface area contributed by atoms with Crippen LogP contribution >= 0.6 is 11.8 Å². The average Bonchev–Trinajstić information content (AvgIpc) is 3.00. The van der Waals surface area contributed by atoms with Gasteiger partial charge in [-0.05, 0) is 67.9 Å². The zero-order valence-corrected chi connectivity index (χ0v) is 16.1. The number of hydrogen-bond acceptors (Lipinski definition) is 2. The van der Waals surface area contributed by atoms with Crippen LogP contribution in [-0.2, 0) is 10.5 Å². The van der Waals surface area contributed by atoms with Gasteiger partial charge in [0.25, 0.3) is 0 Å². The van der Waals surface area contributed by atoms with E-state index in [0.29, 0.717) is 6.42 Å². The predicted molar refractivity (Wildman–Crippen MR) is 108 cm³/mol. The Labute approximate surface area is 159 Å². The summed E-state index contributed by atoms with van der Waals surface area (Å²) in [5, 5.41) is 4.79. The fourth-order valence-corrected chi connectivity index (χ4v) is 7.15. The first-order chi connectivity index (χ1) is 12.7. The Morgan fingerprint density at radius 3 is 2.54 bits per heavy atom. The molecule has 4 aliphatic carbocycles. The van der Waals surface area contributed by atoms with E-state index in [4.69, 9.17) is 0 Å². The zero-order chi connectivity index (χ0) is 17.6. The van der Waals surface area contributed by atoms with E-state index in [1.807, 2.05) is 11.8 Å². The molecule has 26 heavy (non-hydrogen) atoms. The summed E-state index contributed by atoms with van der Waals surface area (Å²) in [7, 11) is 0. The van der Waals surface area contributed by atoms with Crippen molar-refractivity contribution in [3.8, 4) is 0 Å². The average molecular weight is 369 g/mol. The molecule has 1 aromatic carbocycles. The van der Waals surface area contributed by atoms with Gasteiger partial charge in [-0.3, -0.25) is 4.79 Å². The standard InChI is InChI=1S/C22H28N2OS/c25-21(24-22-10-15-7-16(11-22)9-17(8-15)12-22)5-6-26-14-18-13-23-20-4-2-1-3-19(18)20/h1-4,13,15-17,23H,5-12,14H2,(H,24,25). The second kappa shape index (κ2) is 6.63. The van der Waals surface area contributed by atoms with Gasteiger partial charge < -0.3 is 10.3 Å². The quantitative estimate of drug-likeness (QED) is 0.714. The summed E-state index contributed by atoms with van der Waals surface area (Å²) in [5.74, 6) is 4.80. The molecule has 4 aliphatic rings. The Bertz CT molecular complexity index is 776. The topological polar surface area (TPSA) is 44.9 Å². The minimum Gasteiger partial charge on any atom is -0.361 e. The lowest BCUT2D eigenvalue weighted by Crippen LogP contribution is -2.59. The number of carbonyl (C=O) groups excluding carboxylic acids is 1. The van der Waals surface area contributed by atoms with Crippen LogP contribution in [0.5, 0.6) is 0 Å². The van der Waals surface area contributed by atoms with Crippen molar-refractivity contribution in [1.82, 2.24) is 10.3 Å². The SMILES string of the molecule is O=C(CCSCc1c[nH]c2ccccc12)NC12CC3CC(CC(C3)C1)C2. The second-order valence-electron chi connectivity index (χ2n) is 8.91. The van der Waals surface area contributed by atoms with Crippen LogP contribution in [0.1, 0.15) is 50.5 Å². The third-order valence-corrected chi connectivity index (χ3v) is 7.86. The molecule has 1 aromatic heterocycles. The summed E-state index contributed by atoms with van der Waals surface area (Å²) < 4.78 is 0. The number of fused-ring (bicyclic) bond motifs is 1. The third kappa shape index (κ3) is 3.17. The molecule has 0 saturated heterocycles. The molecule has 138 valence electrons. The smallest absolute Gasteiger partial charge is 0.221 e. The maximum atomic E-state index is 12.6. The Balaban J connectivity index is 1.11. The number of thioether (sulfide) groups is 1. The lowest BCUT2D eigenvalue weighted by molar-refractivity contribution is -0.126. The van der Waals surface area contributed by atoms with Gasteiger partial charge in [-0.1, -0.05) is 18.2 Å². The highest BCUT2D eigenvalue weighted by atomic mass is 32.2. The van der Waals surface area contributed by atoms with Crippen molar-refractivity contribution in [1.29, 1.82) is 0 Å². The largest absolute Gasteiger partial charge is 0.361 e. The molecule has 4 bridgehead atoms. The van der Waals surface area contributed by atoms with E-state index in [9.17, 15) is 4.79 Å². The molecule has 0 radical (unpaired) electrons. The first kappa shape index (κ1) is 16.7. The van der Waals surface area contributed by atoms with Gasteiger partial charge in [0.2, 0.25) is 5.91 Å². The number of hydrogen-bond donors (Lipinski definition) is 2. The van der Waals surface area contributed by atoms with Crippen LogP contribution in [0.15, 0.2) is 30.5 Å². The van der Waals surface area contributed by atoms with E-state index in [1.165, 1.54) is 55.0 Å². The van der Waals surface area contributed by atoms with Gasteiger partial charge >= 0.3 is 0 Å². The number of benzene rings is 1. The van der Waals surface area contributed by atoms with Crippen LogP contribution in [0.2, 0.25) is 0 Å². The molecule has 0 spiro atoms. The van der Waals surface area contributed by atoms with Gasteiger partial charge in [-0.15, -0.1) is 0 Å². The summed E-state index contributed by atoms with van der Waals surface area (Å²) in [5.41, 5.74) is 2.70. The Morgan fingerprint density at radius 2 is 1.81 bits per heavy atom. The molecule has 4 saturated carbocycles. The van der Waals surface area contributed by atoms with E-state index in [-0.39, 0.29) is 11.4 Å². The van der Waals surface area contributed by atoms with Crippen LogP contribution in [0.3, 0.4) is 0 Å². The fraction of sp³-hybridized carbons (Fsp3) is 0.591. The number of nitrogens with one attached hydrogen (secondary N) is 2. The lowest BCUT2D eigenvalue weighted by Gasteiger charge is -2.56. The van der Waals surface area contributed by atoms with Crippen LogP contribution < -0.4 is 5.32 Å². The number of H-pyrrole nitrogens is 1. The van der Waals surface area contributed by atoms with E-state index in [2.05, 4.69) is 40.8 Å².